The number of aromatic nitrogens is 1. The number of rotatable bonds is 2. The maximum Gasteiger partial charge on any atom is 0.365 e. The lowest BCUT2D eigenvalue weighted by Crippen LogP contribution is -2.25. The lowest BCUT2D eigenvalue weighted by Gasteiger charge is -2.05. The number of fused-ring (bicyclic) bond motifs is 1. The van der Waals surface area contributed by atoms with Crippen molar-refractivity contribution in [3.05, 3.63) is 38.8 Å². The molecule has 0 radical (unpaired) electrons. The van der Waals surface area contributed by atoms with Crippen LogP contribution in [0.5, 0.6) is 0 Å². The summed E-state index contributed by atoms with van der Waals surface area (Å²) in [5.74, 6) is -1.01. The molecular weight excluding hydrogens is 288 g/mol. The van der Waals surface area contributed by atoms with Crippen molar-refractivity contribution in [1.82, 2.24) is 4.98 Å². The molecule has 7 nitrogen and oxygen atoms in total. The highest BCUT2D eigenvalue weighted by Crippen LogP contribution is 2.23. The molecule has 8 heteroatoms. The Hall–Kier alpha value is -2.41. The predicted molar refractivity (Wildman–Crippen MR) is 70.4 cm³/mol. The molecule has 0 atom stereocenters. The normalized spacial score (nSPS) is 11.7. The molecule has 0 bridgehead atoms. The van der Waals surface area contributed by atoms with Crippen molar-refractivity contribution >= 4 is 34.4 Å². The van der Waals surface area contributed by atoms with Crippen molar-refractivity contribution in [2.45, 2.75) is 6.92 Å². The van der Waals surface area contributed by atoms with Crippen LogP contribution in [0.15, 0.2) is 26.5 Å². The van der Waals surface area contributed by atoms with Crippen molar-refractivity contribution < 1.29 is 19.2 Å². The Labute approximate surface area is 117 Å². The largest absolute Gasteiger partial charge is 0.464 e. The van der Waals surface area contributed by atoms with Gasteiger partial charge in [0.2, 0.25) is 5.71 Å². The highest BCUT2D eigenvalue weighted by molar-refractivity contribution is 6.42. The van der Waals surface area contributed by atoms with Crippen LogP contribution >= 0.6 is 11.6 Å². The summed E-state index contributed by atoms with van der Waals surface area (Å²) in [7, 11) is 1.08. The number of hydrogen-bond donors (Lipinski definition) is 1. The van der Waals surface area contributed by atoms with Crippen LogP contribution in [-0.2, 0) is 9.53 Å². The van der Waals surface area contributed by atoms with Gasteiger partial charge in [-0.05, 0) is 24.6 Å². The van der Waals surface area contributed by atoms with Crippen LogP contribution in [0.1, 0.15) is 11.3 Å². The average molecular weight is 297 g/mol. The van der Waals surface area contributed by atoms with E-state index < -0.39 is 23.0 Å². The maximum atomic E-state index is 11.8. The monoisotopic (exact) mass is 296 g/mol. The SMILES string of the molecule is COC(=O)C(=NO)c1nc2c(C)c(Cl)ccc2oc1=O. The Morgan fingerprint density at radius 2 is 2.20 bits per heavy atom. The second-order valence-corrected chi connectivity index (χ2v) is 4.22. The highest BCUT2D eigenvalue weighted by Gasteiger charge is 2.23. The molecule has 0 saturated carbocycles. The molecule has 0 saturated heterocycles. The van der Waals surface area contributed by atoms with E-state index in [9.17, 15) is 9.59 Å². The van der Waals surface area contributed by atoms with Gasteiger partial charge in [-0.15, -0.1) is 0 Å². The third-order valence-electron chi connectivity index (χ3n) is 2.65. The summed E-state index contributed by atoms with van der Waals surface area (Å²) in [6, 6.07) is 3.04. The van der Waals surface area contributed by atoms with Gasteiger partial charge in [0, 0.05) is 5.02 Å². The first kappa shape index (κ1) is 14.0. The van der Waals surface area contributed by atoms with E-state index in [4.69, 9.17) is 21.2 Å². The third-order valence-corrected chi connectivity index (χ3v) is 3.06. The first-order valence-electron chi connectivity index (χ1n) is 5.40. The van der Waals surface area contributed by atoms with Crippen LogP contribution in [0.25, 0.3) is 11.1 Å². The maximum absolute atomic E-state index is 11.8. The van der Waals surface area contributed by atoms with E-state index >= 15 is 0 Å². The second kappa shape index (κ2) is 5.30. The van der Waals surface area contributed by atoms with E-state index in [1.807, 2.05) is 0 Å². The average Bonchev–Trinajstić information content (AvgIpc) is 2.44. The molecule has 0 aliphatic carbocycles. The molecule has 1 aromatic carbocycles. The smallest absolute Gasteiger partial charge is 0.365 e. The molecule has 1 N–H and O–H groups in total. The van der Waals surface area contributed by atoms with Gasteiger partial charge in [-0.2, -0.15) is 0 Å². The van der Waals surface area contributed by atoms with Crippen LogP contribution in [-0.4, -0.2) is 29.0 Å². The van der Waals surface area contributed by atoms with E-state index in [1.165, 1.54) is 6.07 Å². The second-order valence-electron chi connectivity index (χ2n) is 3.81. The van der Waals surface area contributed by atoms with Gasteiger partial charge < -0.3 is 14.4 Å². The molecular formula is C12H9ClN2O5. The van der Waals surface area contributed by atoms with E-state index in [1.54, 1.807) is 13.0 Å². The molecule has 104 valence electrons. The number of halogens is 1. The fourth-order valence-corrected chi connectivity index (χ4v) is 1.76. The fourth-order valence-electron chi connectivity index (χ4n) is 1.61. The Balaban J connectivity index is 2.78. The molecule has 0 spiro atoms. The zero-order chi connectivity index (χ0) is 14.9. The Morgan fingerprint density at radius 3 is 2.80 bits per heavy atom. The van der Waals surface area contributed by atoms with Gasteiger partial charge in [-0.25, -0.2) is 14.6 Å². The molecule has 1 aromatic heterocycles. The summed E-state index contributed by atoms with van der Waals surface area (Å²) in [5, 5.41) is 12.0. The van der Waals surface area contributed by atoms with Crippen molar-refractivity contribution in [3.8, 4) is 0 Å². The van der Waals surface area contributed by atoms with Crippen LogP contribution in [0, 0.1) is 6.92 Å². The number of esters is 1. The van der Waals surface area contributed by atoms with Gasteiger partial charge in [0.25, 0.3) is 0 Å². The van der Waals surface area contributed by atoms with Gasteiger partial charge in [0.1, 0.15) is 5.52 Å². The van der Waals surface area contributed by atoms with Gasteiger partial charge in [-0.3, -0.25) is 0 Å². The van der Waals surface area contributed by atoms with Crippen LogP contribution in [0.3, 0.4) is 0 Å². The number of ether oxygens (including phenoxy) is 1. The molecule has 0 aliphatic rings. The first-order chi connectivity index (χ1) is 9.49. The summed E-state index contributed by atoms with van der Waals surface area (Å²) in [5.41, 5.74) is -0.937. The number of nitrogens with zero attached hydrogens (tertiary/aromatic N) is 2. The molecule has 0 fully saturated rings. The first-order valence-corrected chi connectivity index (χ1v) is 5.78. The molecule has 1 heterocycles. The number of oxime groups is 1. The number of methoxy groups -OCH3 is 1. The lowest BCUT2D eigenvalue weighted by molar-refractivity contribution is -0.132. The molecule has 0 unspecified atom stereocenters. The van der Waals surface area contributed by atoms with Crippen molar-refractivity contribution in [2.75, 3.05) is 7.11 Å². The minimum atomic E-state index is -1.01. The fraction of sp³-hybridized carbons (Fsp3) is 0.167. The summed E-state index contributed by atoms with van der Waals surface area (Å²) < 4.78 is 9.43. The Bertz CT molecular complexity index is 781. The van der Waals surface area contributed by atoms with E-state index in [2.05, 4.69) is 14.9 Å². The quantitative estimate of drug-likeness (QED) is 0.390. The minimum Gasteiger partial charge on any atom is -0.464 e. The highest BCUT2D eigenvalue weighted by atomic mass is 35.5. The van der Waals surface area contributed by atoms with E-state index in [-0.39, 0.29) is 11.1 Å². The van der Waals surface area contributed by atoms with Gasteiger partial charge in [0.05, 0.1) is 7.11 Å². The van der Waals surface area contributed by atoms with Gasteiger partial charge in [0.15, 0.2) is 11.3 Å². The lowest BCUT2D eigenvalue weighted by atomic mass is 10.2. The van der Waals surface area contributed by atoms with Gasteiger partial charge >= 0.3 is 11.6 Å². The van der Waals surface area contributed by atoms with Crippen LogP contribution in [0.2, 0.25) is 5.02 Å². The zero-order valence-electron chi connectivity index (χ0n) is 10.5. The van der Waals surface area contributed by atoms with Crippen LogP contribution < -0.4 is 5.63 Å². The summed E-state index contributed by atoms with van der Waals surface area (Å²) in [6.07, 6.45) is 0. The molecule has 2 aromatic rings. The topological polar surface area (TPSA) is 102 Å². The zero-order valence-corrected chi connectivity index (χ0v) is 11.3. The van der Waals surface area contributed by atoms with E-state index in [0.717, 1.165) is 7.11 Å². The van der Waals surface area contributed by atoms with Gasteiger partial charge in [-0.1, -0.05) is 16.8 Å². The predicted octanol–water partition coefficient (Wildman–Crippen LogP) is 1.50. The number of benzene rings is 1. The Morgan fingerprint density at radius 1 is 1.50 bits per heavy atom. The number of carbonyl (C=O) groups excluding carboxylic acids is 1. The number of hydrogen-bond acceptors (Lipinski definition) is 7. The summed E-state index contributed by atoms with van der Waals surface area (Å²) in [6.45, 7) is 1.68. The van der Waals surface area contributed by atoms with E-state index in [0.29, 0.717) is 10.6 Å². The number of carbonyl (C=O) groups is 1. The molecule has 2 rings (SSSR count). The van der Waals surface area contributed by atoms with Crippen LogP contribution in [0.4, 0.5) is 0 Å². The Kier molecular flexibility index (Phi) is 3.71. The standard InChI is InChI=1S/C12H9ClN2O5/c1-5-6(13)3-4-7-8(5)14-9(12(17)20-7)10(15-18)11(16)19-2/h3-4,18H,1-2H3. The van der Waals surface area contributed by atoms with Crippen molar-refractivity contribution in [2.24, 2.45) is 5.16 Å². The molecule has 0 aliphatic heterocycles. The van der Waals surface area contributed by atoms with Crippen molar-refractivity contribution in [3.63, 3.8) is 0 Å². The number of aryl methyl sites for hydroxylation is 1. The minimum absolute atomic E-state index is 0.211. The molecule has 20 heavy (non-hydrogen) atoms. The summed E-state index contributed by atoms with van der Waals surface area (Å²) >= 11 is 5.95. The summed E-state index contributed by atoms with van der Waals surface area (Å²) in [4.78, 5) is 27.2. The van der Waals surface area contributed by atoms with Crippen molar-refractivity contribution in [1.29, 1.82) is 0 Å². The molecule has 0 amide bonds. The third kappa shape index (κ3) is 2.23.